The molecule has 0 saturated heterocycles. The molecule has 0 bridgehead atoms. The fourth-order valence-corrected chi connectivity index (χ4v) is 8.52. The van der Waals surface area contributed by atoms with Crippen molar-refractivity contribution in [3.8, 4) is 0 Å². The number of carbonyl (C=O) groups is 2. The molecule has 4 aliphatic rings. The summed E-state index contributed by atoms with van der Waals surface area (Å²) in [6.45, 7) is 10.1. The van der Waals surface area contributed by atoms with Crippen LogP contribution in [0.25, 0.3) is 0 Å². The minimum atomic E-state index is -2.12. The van der Waals surface area contributed by atoms with Crippen molar-refractivity contribution in [3.05, 3.63) is 11.6 Å². The highest BCUT2D eigenvalue weighted by atomic mass is 16.5. The van der Waals surface area contributed by atoms with E-state index in [1.807, 2.05) is 13.8 Å². The summed E-state index contributed by atoms with van der Waals surface area (Å²) in [7, 11) is 0. The van der Waals surface area contributed by atoms with E-state index in [2.05, 4.69) is 0 Å². The second-order valence-electron chi connectivity index (χ2n) is 13.1. The second kappa shape index (κ2) is 8.57. The number of hydrogen-bond acceptors (Lipinski definition) is 9. The lowest BCUT2D eigenvalue weighted by Crippen LogP contribution is -2.83. The Morgan fingerprint density at radius 2 is 1.57 bits per heavy atom. The van der Waals surface area contributed by atoms with E-state index in [1.54, 1.807) is 13.8 Å². The molecule has 10 atom stereocenters. The van der Waals surface area contributed by atoms with E-state index < -0.39 is 75.6 Å². The first-order valence-electron chi connectivity index (χ1n) is 13.5. The van der Waals surface area contributed by atoms with Crippen LogP contribution in [0.1, 0.15) is 86.5 Å². The van der Waals surface area contributed by atoms with E-state index >= 15 is 0 Å². The van der Waals surface area contributed by atoms with Crippen molar-refractivity contribution in [1.29, 1.82) is 0 Å². The third-order valence-electron chi connectivity index (χ3n) is 11.4. The normalized spacial score (nSPS) is 51.8. The van der Waals surface area contributed by atoms with Crippen LogP contribution in [0.4, 0.5) is 0 Å². The first kappa shape index (κ1) is 28.6. The summed E-state index contributed by atoms with van der Waals surface area (Å²) in [5.41, 5.74) is -10.1. The molecule has 0 aromatic heterocycles. The molecular formula is C28H44O9. The summed E-state index contributed by atoms with van der Waals surface area (Å²) in [6.07, 6.45) is -2.41. The number of rotatable bonds is 4. The van der Waals surface area contributed by atoms with Gasteiger partial charge in [-0.25, -0.2) is 4.79 Å². The third kappa shape index (κ3) is 3.44. The van der Waals surface area contributed by atoms with Gasteiger partial charge in [-0.05, 0) is 58.8 Å². The van der Waals surface area contributed by atoms with Gasteiger partial charge in [-0.1, -0.05) is 26.3 Å². The first-order chi connectivity index (χ1) is 16.8. The van der Waals surface area contributed by atoms with Gasteiger partial charge < -0.3 is 35.4 Å². The highest BCUT2D eigenvalue weighted by Gasteiger charge is 2.84. The SMILES string of the molecule is CC(=O)[C@]1(O)CC[C@@]2(O)[C@]1(C)[C@H](OC(=O)C=C(C)C(C)C)C[C@@H]1[C@@]3(C)CC[C@H](O)C[C@]3(O)[C@H](O)C[C@]12O. The molecule has 37 heavy (non-hydrogen) atoms. The Kier molecular flexibility index (Phi) is 6.63. The zero-order valence-corrected chi connectivity index (χ0v) is 22.8. The molecular weight excluding hydrogens is 480 g/mol. The Balaban J connectivity index is 1.89. The maximum absolute atomic E-state index is 13.1. The summed E-state index contributed by atoms with van der Waals surface area (Å²) >= 11 is 0. The van der Waals surface area contributed by atoms with E-state index in [1.165, 1.54) is 19.9 Å². The van der Waals surface area contributed by atoms with Crippen molar-refractivity contribution >= 4 is 11.8 Å². The van der Waals surface area contributed by atoms with Crippen molar-refractivity contribution < 1.29 is 45.0 Å². The van der Waals surface area contributed by atoms with Gasteiger partial charge in [0, 0.05) is 30.3 Å². The van der Waals surface area contributed by atoms with Crippen LogP contribution in [-0.4, -0.2) is 83.1 Å². The zero-order chi connectivity index (χ0) is 28.0. The Labute approximate surface area is 218 Å². The number of aliphatic hydroxyl groups excluding tert-OH is 2. The Bertz CT molecular complexity index is 1010. The van der Waals surface area contributed by atoms with Crippen LogP contribution in [0, 0.1) is 22.7 Å². The summed E-state index contributed by atoms with van der Waals surface area (Å²) in [6, 6.07) is 0. The number of ketones is 1. The summed E-state index contributed by atoms with van der Waals surface area (Å²) in [5, 5.41) is 69.8. The maximum atomic E-state index is 13.1. The van der Waals surface area contributed by atoms with Gasteiger partial charge in [0.2, 0.25) is 0 Å². The molecule has 210 valence electrons. The monoisotopic (exact) mass is 524 g/mol. The van der Waals surface area contributed by atoms with Gasteiger partial charge in [0.25, 0.3) is 0 Å². The number of hydrogen-bond donors (Lipinski definition) is 6. The van der Waals surface area contributed by atoms with Crippen LogP contribution >= 0.6 is 0 Å². The lowest BCUT2D eigenvalue weighted by molar-refractivity contribution is -0.366. The number of aliphatic hydroxyl groups is 6. The Hall–Kier alpha value is -1.36. The predicted molar refractivity (Wildman–Crippen MR) is 133 cm³/mol. The molecule has 0 aromatic carbocycles. The van der Waals surface area contributed by atoms with Gasteiger partial charge in [0.05, 0.1) is 23.2 Å². The summed E-state index contributed by atoms with van der Waals surface area (Å²) in [5.74, 6) is -2.07. The molecule has 0 aliphatic heterocycles. The fourth-order valence-electron chi connectivity index (χ4n) is 8.52. The Morgan fingerprint density at radius 3 is 2.14 bits per heavy atom. The van der Waals surface area contributed by atoms with E-state index in [0.717, 1.165) is 5.57 Å². The van der Waals surface area contributed by atoms with Gasteiger partial charge in [-0.15, -0.1) is 0 Å². The lowest BCUT2D eigenvalue weighted by atomic mass is 9.38. The molecule has 4 fully saturated rings. The molecule has 0 heterocycles. The van der Waals surface area contributed by atoms with Crippen molar-refractivity contribution in [2.24, 2.45) is 22.7 Å². The fraction of sp³-hybridized carbons (Fsp3) is 0.857. The topological polar surface area (TPSA) is 165 Å². The molecule has 0 amide bonds. The first-order valence-corrected chi connectivity index (χ1v) is 13.5. The highest BCUT2D eigenvalue weighted by Crippen LogP contribution is 2.72. The largest absolute Gasteiger partial charge is 0.458 e. The minimum absolute atomic E-state index is 0.0488. The quantitative estimate of drug-likeness (QED) is 0.234. The smallest absolute Gasteiger partial charge is 0.330 e. The number of carbonyl (C=O) groups excluding carboxylic acids is 2. The highest BCUT2D eigenvalue weighted by molar-refractivity contribution is 5.87. The molecule has 4 aliphatic carbocycles. The van der Waals surface area contributed by atoms with E-state index in [-0.39, 0.29) is 38.0 Å². The van der Waals surface area contributed by atoms with Crippen LogP contribution in [-0.2, 0) is 14.3 Å². The average molecular weight is 525 g/mol. The van der Waals surface area contributed by atoms with Crippen molar-refractivity contribution in [1.82, 2.24) is 0 Å². The molecule has 0 radical (unpaired) electrons. The number of fused-ring (bicyclic) bond motifs is 5. The van der Waals surface area contributed by atoms with Crippen LogP contribution in [0.3, 0.4) is 0 Å². The van der Waals surface area contributed by atoms with Gasteiger partial charge in [-0.2, -0.15) is 0 Å². The van der Waals surface area contributed by atoms with Crippen LogP contribution in [0.15, 0.2) is 11.6 Å². The lowest BCUT2D eigenvalue weighted by Gasteiger charge is -2.71. The predicted octanol–water partition coefficient (Wildman–Crippen LogP) is 1.15. The number of allylic oxidation sites excluding steroid dienone is 1. The van der Waals surface area contributed by atoms with E-state index in [0.29, 0.717) is 6.42 Å². The zero-order valence-electron chi connectivity index (χ0n) is 22.8. The molecule has 4 saturated carbocycles. The third-order valence-corrected chi connectivity index (χ3v) is 11.4. The molecule has 9 heteroatoms. The summed E-state index contributed by atoms with van der Waals surface area (Å²) < 4.78 is 5.95. The van der Waals surface area contributed by atoms with Gasteiger partial charge in [-0.3, -0.25) is 4.79 Å². The second-order valence-corrected chi connectivity index (χ2v) is 13.1. The van der Waals surface area contributed by atoms with Crippen molar-refractivity contribution in [3.63, 3.8) is 0 Å². The van der Waals surface area contributed by atoms with Crippen molar-refractivity contribution in [2.45, 2.75) is 127 Å². The van der Waals surface area contributed by atoms with Crippen LogP contribution < -0.4 is 0 Å². The van der Waals surface area contributed by atoms with Crippen LogP contribution in [0.5, 0.6) is 0 Å². The molecule has 0 unspecified atom stereocenters. The minimum Gasteiger partial charge on any atom is -0.458 e. The summed E-state index contributed by atoms with van der Waals surface area (Å²) in [4.78, 5) is 25.9. The number of Topliss-reactive ketones (excluding diaryl/α,β-unsaturated/α-hetero) is 1. The maximum Gasteiger partial charge on any atom is 0.330 e. The number of ether oxygens (including phenoxy) is 1. The standard InChI is InChI=1S/C28H44O9/c1-15(2)16(3)11-22(32)37-21-12-19-23(5)8-7-18(30)13-27(23,35)20(31)14-26(19,34)28(36)10-9-25(33,17(4)29)24(21,28)6/h11,15,18-21,30-31,33-36H,7-10,12-14H2,1-6H3/t18-,19+,20+,21+,23+,24+,25+,26-,27-,28+/m0/s1. The molecule has 6 N–H and O–H groups in total. The van der Waals surface area contributed by atoms with Crippen LogP contribution in [0.2, 0.25) is 0 Å². The van der Waals surface area contributed by atoms with Gasteiger partial charge >= 0.3 is 5.97 Å². The van der Waals surface area contributed by atoms with E-state index in [9.17, 15) is 40.2 Å². The average Bonchev–Trinajstić information content (AvgIpc) is 3.02. The van der Waals surface area contributed by atoms with Crippen molar-refractivity contribution in [2.75, 3.05) is 0 Å². The molecule has 0 aromatic rings. The molecule has 4 rings (SSSR count). The van der Waals surface area contributed by atoms with Gasteiger partial charge in [0.1, 0.15) is 22.9 Å². The van der Waals surface area contributed by atoms with Gasteiger partial charge in [0.15, 0.2) is 5.78 Å². The number of esters is 1. The Morgan fingerprint density at radius 1 is 0.946 bits per heavy atom. The molecule has 0 spiro atoms. The molecule has 9 nitrogen and oxygen atoms in total. The van der Waals surface area contributed by atoms with E-state index in [4.69, 9.17) is 4.74 Å².